The van der Waals surface area contributed by atoms with Crippen LogP contribution in [0.25, 0.3) is 5.57 Å². The number of carbonyl (C=O) groups is 2. The van der Waals surface area contributed by atoms with Crippen molar-refractivity contribution in [3.63, 3.8) is 0 Å². The summed E-state index contributed by atoms with van der Waals surface area (Å²) in [4.78, 5) is 26.7. The number of imide groups is 1. The second-order valence-corrected chi connectivity index (χ2v) is 7.58. The molecule has 0 spiro atoms. The molecule has 0 N–H and O–H groups in total. The van der Waals surface area contributed by atoms with Gasteiger partial charge in [-0.05, 0) is 54.3 Å². The van der Waals surface area contributed by atoms with Crippen LogP contribution in [-0.4, -0.2) is 25.0 Å². The van der Waals surface area contributed by atoms with Gasteiger partial charge in [0.05, 0.1) is 24.5 Å². The fraction of sp³-hybridized carbons (Fsp3) is 0.304. The molecule has 0 bridgehead atoms. The maximum Gasteiger partial charge on any atom is 0.277 e. The molecule has 2 amide bonds. The van der Waals surface area contributed by atoms with E-state index >= 15 is 0 Å². The average Bonchev–Trinajstić information content (AvgIpc) is 2.94. The molecule has 2 aromatic rings. The normalized spacial score (nSPS) is 14.2. The number of amides is 2. The van der Waals surface area contributed by atoms with Crippen LogP contribution < -0.4 is 14.4 Å². The SMILES string of the molecule is CCCOc1ccc(C2=C(Cl)C(=O)N(c3ccc(OCC(C)C)cc3)C2=O)cc1. The van der Waals surface area contributed by atoms with E-state index < -0.39 is 11.8 Å². The fourth-order valence-corrected chi connectivity index (χ4v) is 3.15. The Morgan fingerprint density at radius 1 is 0.897 bits per heavy atom. The van der Waals surface area contributed by atoms with E-state index in [0.717, 1.165) is 11.3 Å². The van der Waals surface area contributed by atoms with Crippen LogP contribution in [0.2, 0.25) is 0 Å². The Bertz CT molecular complexity index is 917. The van der Waals surface area contributed by atoms with E-state index in [1.165, 1.54) is 0 Å². The number of hydrogen-bond acceptors (Lipinski definition) is 4. The Balaban J connectivity index is 1.79. The first-order chi connectivity index (χ1) is 13.9. The predicted octanol–water partition coefficient (Wildman–Crippen LogP) is 5.03. The smallest absolute Gasteiger partial charge is 0.277 e. The molecule has 0 fully saturated rings. The highest BCUT2D eigenvalue weighted by atomic mass is 35.5. The van der Waals surface area contributed by atoms with Crippen molar-refractivity contribution >= 4 is 34.7 Å². The molecule has 5 nitrogen and oxygen atoms in total. The standard InChI is InChI=1S/C23H24ClNO4/c1-4-13-28-18-9-5-16(6-10-18)20-21(24)23(27)25(22(20)26)17-7-11-19(12-8-17)29-14-15(2)3/h5-12,15H,4,13-14H2,1-3H3. The highest BCUT2D eigenvalue weighted by molar-refractivity contribution is 6.60. The van der Waals surface area contributed by atoms with Crippen LogP contribution in [0, 0.1) is 5.92 Å². The first-order valence-electron chi connectivity index (χ1n) is 9.67. The number of anilines is 1. The van der Waals surface area contributed by atoms with Gasteiger partial charge in [-0.3, -0.25) is 9.59 Å². The van der Waals surface area contributed by atoms with Gasteiger partial charge in [0, 0.05) is 0 Å². The van der Waals surface area contributed by atoms with Crippen molar-refractivity contribution in [1.29, 1.82) is 0 Å². The summed E-state index contributed by atoms with van der Waals surface area (Å²) in [6.45, 7) is 7.36. The van der Waals surface area contributed by atoms with Gasteiger partial charge in [0.1, 0.15) is 16.5 Å². The maximum absolute atomic E-state index is 13.0. The third-order valence-electron chi connectivity index (χ3n) is 4.32. The van der Waals surface area contributed by atoms with Crippen molar-refractivity contribution in [3.8, 4) is 11.5 Å². The quantitative estimate of drug-likeness (QED) is 0.569. The molecule has 29 heavy (non-hydrogen) atoms. The highest BCUT2D eigenvalue weighted by Gasteiger charge is 2.39. The second-order valence-electron chi connectivity index (χ2n) is 7.21. The van der Waals surface area contributed by atoms with Crippen molar-refractivity contribution in [2.24, 2.45) is 5.92 Å². The largest absolute Gasteiger partial charge is 0.494 e. The van der Waals surface area contributed by atoms with Crippen LogP contribution >= 0.6 is 11.6 Å². The van der Waals surface area contributed by atoms with Gasteiger partial charge >= 0.3 is 0 Å². The van der Waals surface area contributed by atoms with Gasteiger partial charge < -0.3 is 9.47 Å². The summed E-state index contributed by atoms with van der Waals surface area (Å²) >= 11 is 6.25. The van der Waals surface area contributed by atoms with Crippen molar-refractivity contribution in [3.05, 3.63) is 59.1 Å². The molecule has 1 heterocycles. The summed E-state index contributed by atoms with van der Waals surface area (Å²) in [5.74, 6) is 0.814. The summed E-state index contributed by atoms with van der Waals surface area (Å²) in [6.07, 6.45) is 0.905. The monoisotopic (exact) mass is 413 g/mol. The maximum atomic E-state index is 13.0. The minimum atomic E-state index is -0.533. The van der Waals surface area contributed by atoms with E-state index in [-0.39, 0.29) is 10.6 Å². The molecule has 1 aliphatic rings. The summed E-state index contributed by atoms with van der Waals surface area (Å²) in [5.41, 5.74) is 1.23. The van der Waals surface area contributed by atoms with Gasteiger partial charge in [-0.1, -0.05) is 44.5 Å². The Labute approximate surface area is 175 Å². The summed E-state index contributed by atoms with van der Waals surface area (Å²) in [6, 6.07) is 13.8. The van der Waals surface area contributed by atoms with E-state index in [9.17, 15) is 9.59 Å². The van der Waals surface area contributed by atoms with Crippen molar-refractivity contribution in [2.45, 2.75) is 27.2 Å². The Hall–Kier alpha value is -2.79. The zero-order chi connectivity index (χ0) is 21.0. The van der Waals surface area contributed by atoms with Gasteiger partial charge in [-0.15, -0.1) is 0 Å². The summed E-state index contributed by atoms with van der Waals surface area (Å²) < 4.78 is 11.2. The van der Waals surface area contributed by atoms with Gasteiger partial charge in [0.2, 0.25) is 0 Å². The molecule has 1 aliphatic heterocycles. The molecule has 0 aliphatic carbocycles. The first kappa shape index (κ1) is 20.9. The van der Waals surface area contributed by atoms with Crippen LogP contribution in [-0.2, 0) is 9.59 Å². The van der Waals surface area contributed by atoms with E-state index in [4.69, 9.17) is 21.1 Å². The lowest BCUT2D eigenvalue weighted by molar-refractivity contribution is -0.119. The molecule has 0 unspecified atom stereocenters. The Kier molecular flexibility index (Phi) is 6.60. The van der Waals surface area contributed by atoms with Crippen molar-refractivity contribution in [1.82, 2.24) is 0 Å². The van der Waals surface area contributed by atoms with E-state index in [2.05, 4.69) is 13.8 Å². The third kappa shape index (κ3) is 4.62. The van der Waals surface area contributed by atoms with Gasteiger partial charge in [0.15, 0.2) is 0 Å². The van der Waals surface area contributed by atoms with Crippen LogP contribution in [0.1, 0.15) is 32.8 Å². The molecule has 0 radical (unpaired) electrons. The highest BCUT2D eigenvalue weighted by Crippen LogP contribution is 2.35. The van der Waals surface area contributed by atoms with Gasteiger partial charge in [0.25, 0.3) is 11.8 Å². The van der Waals surface area contributed by atoms with Crippen LogP contribution in [0.15, 0.2) is 53.6 Å². The molecule has 0 saturated carbocycles. The fourth-order valence-electron chi connectivity index (χ4n) is 2.88. The molecule has 152 valence electrons. The lowest BCUT2D eigenvalue weighted by Crippen LogP contribution is -2.31. The molecule has 3 rings (SSSR count). The molecule has 2 aromatic carbocycles. The van der Waals surface area contributed by atoms with Crippen LogP contribution in [0.4, 0.5) is 5.69 Å². The molecular weight excluding hydrogens is 390 g/mol. The topological polar surface area (TPSA) is 55.8 Å². The Morgan fingerprint density at radius 3 is 2.07 bits per heavy atom. The number of hydrogen-bond donors (Lipinski definition) is 0. The minimum Gasteiger partial charge on any atom is -0.494 e. The number of ether oxygens (including phenoxy) is 2. The lowest BCUT2D eigenvalue weighted by Gasteiger charge is -2.16. The van der Waals surface area contributed by atoms with E-state index in [1.54, 1.807) is 48.5 Å². The number of rotatable bonds is 8. The summed E-state index contributed by atoms with van der Waals surface area (Å²) in [7, 11) is 0. The van der Waals surface area contributed by atoms with Gasteiger partial charge in [-0.2, -0.15) is 0 Å². The van der Waals surface area contributed by atoms with E-state index in [0.29, 0.717) is 41.9 Å². The minimum absolute atomic E-state index is 0.0858. The first-order valence-corrected chi connectivity index (χ1v) is 10.0. The number of halogens is 1. The van der Waals surface area contributed by atoms with Crippen LogP contribution in [0.5, 0.6) is 11.5 Å². The lowest BCUT2D eigenvalue weighted by atomic mass is 10.1. The molecule has 0 saturated heterocycles. The second kappa shape index (κ2) is 9.14. The number of nitrogens with zero attached hydrogens (tertiary/aromatic N) is 1. The average molecular weight is 414 g/mol. The number of carbonyl (C=O) groups excluding carboxylic acids is 2. The molecule has 0 atom stereocenters. The molecule has 6 heteroatoms. The molecule has 0 aromatic heterocycles. The predicted molar refractivity (Wildman–Crippen MR) is 114 cm³/mol. The zero-order valence-corrected chi connectivity index (χ0v) is 17.5. The third-order valence-corrected chi connectivity index (χ3v) is 4.67. The Morgan fingerprint density at radius 2 is 1.48 bits per heavy atom. The van der Waals surface area contributed by atoms with Gasteiger partial charge in [-0.25, -0.2) is 4.90 Å². The number of benzene rings is 2. The van der Waals surface area contributed by atoms with Crippen LogP contribution in [0.3, 0.4) is 0 Å². The zero-order valence-electron chi connectivity index (χ0n) is 16.8. The molecular formula is C23H24ClNO4. The van der Waals surface area contributed by atoms with E-state index in [1.807, 2.05) is 6.92 Å². The van der Waals surface area contributed by atoms with Crippen molar-refractivity contribution < 1.29 is 19.1 Å². The van der Waals surface area contributed by atoms with Crippen molar-refractivity contribution in [2.75, 3.05) is 18.1 Å². The summed E-state index contributed by atoms with van der Waals surface area (Å²) in [5, 5.41) is -0.0858.